The van der Waals surface area contributed by atoms with Crippen molar-refractivity contribution in [1.82, 2.24) is 20.1 Å². The van der Waals surface area contributed by atoms with E-state index < -0.39 is 11.8 Å². The summed E-state index contributed by atoms with van der Waals surface area (Å²) in [6.45, 7) is 4.82. The molecule has 1 unspecified atom stereocenters. The van der Waals surface area contributed by atoms with E-state index in [1.54, 1.807) is 0 Å². The van der Waals surface area contributed by atoms with Crippen molar-refractivity contribution in [2.75, 3.05) is 19.6 Å². The van der Waals surface area contributed by atoms with Crippen LogP contribution < -0.4 is 10.6 Å². The highest BCUT2D eigenvalue weighted by Gasteiger charge is 2.26. The predicted molar refractivity (Wildman–Crippen MR) is 105 cm³/mol. The lowest BCUT2D eigenvalue weighted by atomic mass is 10.1. The number of rotatable bonds is 6. The minimum absolute atomic E-state index is 0.0846. The number of hydrogen-bond donors (Lipinski definition) is 2. The average Bonchev–Trinajstić information content (AvgIpc) is 3.34. The summed E-state index contributed by atoms with van der Waals surface area (Å²) in [5.74, 6) is -1.18. The van der Waals surface area contributed by atoms with E-state index in [2.05, 4.69) is 26.2 Å². The molecule has 3 rings (SSSR count). The molecule has 0 saturated carbocycles. The number of carbonyl (C=O) groups excluding carboxylic acids is 2. The number of likely N-dealkylation sites (tertiary alicyclic amines) is 1. The van der Waals surface area contributed by atoms with Crippen molar-refractivity contribution >= 4 is 11.8 Å². The number of amides is 2. The van der Waals surface area contributed by atoms with Gasteiger partial charge in [-0.1, -0.05) is 29.8 Å². The van der Waals surface area contributed by atoms with Gasteiger partial charge in [0, 0.05) is 32.0 Å². The molecule has 2 amide bonds. The lowest BCUT2D eigenvalue weighted by Crippen LogP contribution is -2.43. The number of benzene rings is 1. The molecule has 1 atom stereocenters. The van der Waals surface area contributed by atoms with Crippen LogP contribution in [0.3, 0.4) is 0 Å². The summed E-state index contributed by atoms with van der Waals surface area (Å²) in [4.78, 5) is 26.7. The van der Waals surface area contributed by atoms with Gasteiger partial charge in [-0.2, -0.15) is 0 Å². The summed E-state index contributed by atoms with van der Waals surface area (Å²) in [5.41, 5.74) is 3.29. The van der Waals surface area contributed by atoms with Crippen LogP contribution in [0, 0.1) is 6.92 Å². The van der Waals surface area contributed by atoms with Crippen LogP contribution in [0.25, 0.3) is 0 Å². The standard InChI is InChI=1S/C21H28N4O2/c1-16-7-9-17(10-8-16)14-22-20(26)21(27)23-15-19(25-12-3-4-13-25)18-6-5-11-24(18)2/h5-11,19H,3-4,12-15H2,1-2H3,(H,22,26)(H,23,27). The first-order valence-corrected chi connectivity index (χ1v) is 9.51. The van der Waals surface area contributed by atoms with E-state index in [1.165, 1.54) is 12.8 Å². The van der Waals surface area contributed by atoms with Crippen LogP contribution in [0.4, 0.5) is 0 Å². The van der Waals surface area contributed by atoms with Gasteiger partial charge in [0.2, 0.25) is 0 Å². The molecule has 6 nitrogen and oxygen atoms in total. The van der Waals surface area contributed by atoms with Crippen molar-refractivity contribution in [3.05, 3.63) is 59.4 Å². The first kappa shape index (κ1) is 19.2. The molecule has 1 aromatic carbocycles. The van der Waals surface area contributed by atoms with Crippen LogP contribution in [0.15, 0.2) is 42.6 Å². The molecular weight excluding hydrogens is 340 g/mol. The van der Waals surface area contributed by atoms with Gasteiger partial charge < -0.3 is 15.2 Å². The number of hydrogen-bond acceptors (Lipinski definition) is 3. The lowest BCUT2D eigenvalue weighted by molar-refractivity contribution is -0.139. The van der Waals surface area contributed by atoms with Crippen molar-refractivity contribution in [3.63, 3.8) is 0 Å². The van der Waals surface area contributed by atoms with Crippen LogP contribution in [0.2, 0.25) is 0 Å². The Labute approximate surface area is 160 Å². The van der Waals surface area contributed by atoms with Gasteiger partial charge in [-0.05, 0) is 50.6 Å². The van der Waals surface area contributed by atoms with E-state index in [-0.39, 0.29) is 6.04 Å². The molecular formula is C21H28N4O2. The zero-order chi connectivity index (χ0) is 19.2. The second kappa shape index (κ2) is 8.86. The molecule has 2 N–H and O–H groups in total. The number of nitrogens with one attached hydrogen (secondary N) is 2. The molecule has 0 spiro atoms. The second-order valence-electron chi connectivity index (χ2n) is 7.18. The van der Waals surface area contributed by atoms with Crippen molar-refractivity contribution in [3.8, 4) is 0 Å². The minimum Gasteiger partial charge on any atom is -0.353 e. The molecule has 1 aliphatic heterocycles. The molecule has 0 bridgehead atoms. The predicted octanol–water partition coefficient (Wildman–Crippen LogP) is 1.90. The molecule has 1 fully saturated rings. The Hall–Kier alpha value is -2.60. The van der Waals surface area contributed by atoms with E-state index in [0.29, 0.717) is 13.1 Å². The Morgan fingerprint density at radius 1 is 1.04 bits per heavy atom. The van der Waals surface area contributed by atoms with Crippen molar-refractivity contribution in [2.24, 2.45) is 7.05 Å². The first-order valence-electron chi connectivity index (χ1n) is 9.51. The molecule has 2 aromatic rings. The maximum Gasteiger partial charge on any atom is 0.309 e. The van der Waals surface area contributed by atoms with Crippen LogP contribution in [0.1, 0.15) is 35.7 Å². The smallest absolute Gasteiger partial charge is 0.309 e. The van der Waals surface area contributed by atoms with Gasteiger partial charge >= 0.3 is 11.8 Å². The second-order valence-corrected chi connectivity index (χ2v) is 7.18. The summed E-state index contributed by atoms with van der Waals surface area (Å²) in [5, 5.41) is 5.50. The third kappa shape index (κ3) is 4.98. The van der Waals surface area contributed by atoms with Gasteiger partial charge in [-0.3, -0.25) is 14.5 Å². The fourth-order valence-corrected chi connectivity index (χ4v) is 3.53. The highest BCUT2D eigenvalue weighted by atomic mass is 16.2. The van der Waals surface area contributed by atoms with E-state index >= 15 is 0 Å². The van der Waals surface area contributed by atoms with E-state index in [9.17, 15) is 9.59 Å². The number of aromatic nitrogens is 1. The van der Waals surface area contributed by atoms with Gasteiger partial charge in [-0.15, -0.1) is 0 Å². The Kier molecular flexibility index (Phi) is 6.29. The fraction of sp³-hybridized carbons (Fsp3) is 0.429. The van der Waals surface area contributed by atoms with E-state index in [1.807, 2.05) is 50.5 Å². The van der Waals surface area contributed by atoms with E-state index in [0.717, 1.165) is 29.9 Å². The van der Waals surface area contributed by atoms with Crippen molar-refractivity contribution < 1.29 is 9.59 Å². The summed E-state index contributed by atoms with van der Waals surface area (Å²) >= 11 is 0. The highest BCUT2D eigenvalue weighted by molar-refractivity contribution is 6.35. The quantitative estimate of drug-likeness (QED) is 0.766. The summed E-state index contributed by atoms with van der Waals surface area (Å²) < 4.78 is 2.08. The topological polar surface area (TPSA) is 66.4 Å². The Balaban J connectivity index is 1.54. The zero-order valence-corrected chi connectivity index (χ0v) is 16.1. The van der Waals surface area contributed by atoms with Crippen molar-refractivity contribution in [1.29, 1.82) is 0 Å². The largest absolute Gasteiger partial charge is 0.353 e. The SMILES string of the molecule is Cc1ccc(CNC(=O)C(=O)NCC(c2cccn2C)N2CCCC2)cc1. The molecule has 0 radical (unpaired) electrons. The Bertz CT molecular complexity index is 776. The van der Waals surface area contributed by atoms with E-state index in [4.69, 9.17) is 0 Å². The Morgan fingerprint density at radius 2 is 1.70 bits per heavy atom. The van der Waals surface area contributed by atoms with Crippen LogP contribution in [-0.4, -0.2) is 40.9 Å². The maximum absolute atomic E-state index is 12.2. The van der Waals surface area contributed by atoms with Crippen molar-refractivity contribution in [2.45, 2.75) is 32.4 Å². The normalized spacial score (nSPS) is 15.5. The van der Waals surface area contributed by atoms with Gasteiger partial charge in [0.15, 0.2) is 0 Å². The number of aryl methyl sites for hydroxylation is 2. The Morgan fingerprint density at radius 3 is 2.33 bits per heavy atom. The number of carbonyl (C=O) groups is 2. The molecule has 1 aromatic heterocycles. The van der Waals surface area contributed by atoms with Gasteiger partial charge in [0.25, 0.3) is 0 Å². The molecule has 144 valence electrons. The highest BCUT2D eigenvalue weighted by Crippen LogP contribution is 2.24. The fourth-order valence-electron chi connectivity index (χ4n) is 3.53. The summed E-state index contributed by atoms with van der Waals surface area (Å²) in [6, 6.07) is 12.0. The molecule has 2 heterocycles. The lowest BCUT2D eigenvalue weighted by Gasteiger charge is -2.28. The monoisotopic (exact) mass is 368 g/mol. The van der Waals surface area contributed by atoms with Gasteiger partial charge in [0.05, 0.1) is 6.04 Å². The minimum atomic E-state index is -0.595. The molecule has 1 aliphatic rings. The van der Waals surface area contributed by atoms with Gasteiger partial charge in [-0.25, -0.2) is 0 Å². The number of nitrogens with zero attached hydrogens (tertiary/aromatic N) is 2. The zero-order valence-electron chi connectivity index (χ0n) is 16.1. The average molecular weight is 368 g/mol. The maximum atomic E-state index is 12.2. The molecule has 1 saturated heterocycles. The summed E-state index contributed by atoms with van der Waals surface area (Å²) in [7, 11) is 2.01. The third-order valence-corrected chi connectivity index (χ3v) is 5.14. The van der Waals surface area contributed by atoms with Gasteiger partial charge in [0.1, 0.15) is 0 Å². The summed E-state index contributed by atoms with van der Waals surface area (Å²) in [6.07, 6.45) is 4.35. The molecule has 27 heavy (non-hydrogen) atoms. The molecule has 6 heteroatoms. The molecule has 0 aliphatic carbocycles. The van der Waals surface area contributed by atoms with Crippen LogP contribution >= 0.6 is 0 Å². The first-order chi connectivity index (χ1) is 13.0. The van der Waals surface area contributed by atoms with Crippen LogP contribution in [-0.2, 0) is 23.2 Å². The third-order valence-electron chi connectivity index (χ3n) is 5.14. The van der Waals surface area contributed by atoms with Crippen LogP contribution in [0.5, 0.6) is 0 Å².